The van der Waals surface area contributed by atoms with Crippen LogP contribution in [0.1, 0.15) is 31.7 Å². The molecule has 1 aliphatic heterocycles. The Bertz CT molecular complexity index is 452. The SMILES string of the molecule is O=C(CSc1nncn1C1CC1)N1CCC(O)CC1. The summed E-state index contributed by atoms with van der Waals surface area (Å²) in [7, 11) is 0. The van der Waals surface area contributed by atoms with Crippen LogP contribution in [0.2, 0.25) is 0 Å². The highest BCUT2D eigenvalue weighted by molar-refractivity contribution is 7.99. The maximum absolute atomic E-state index is 12.1. The Morgan fingerprint density at radius 3 is 2.79 bits per heavy atom. The zero-order chi connectivity index (χ0) is 13.2. The molecule has 3 rings (SSSR count). The van der Waals surface area contributed by atoms with Gasteiger partial charge in [-0.15, -0.1) is 10.2 Å². The lowest BCUT2D eigenvalue weighted by Crippen LogP contribution is -2.40. The van der Waals surface area contributed by atoms with Gasteiger partial charge < -0.3 is 14.6 Å². The van der Waals surface area contributed by atoms with Crippen LogP contribution in [0.25, 0.3) is 0 Å². The third-order valence-corrected chi connectivity index (χ3v) is 4.56. The van der Waals surface area contributed by atoms with Crippen molar-refractivity contribution in [1.29, 1.82) is 0 Å². The van der Waals surface area contributed by atoms with Crippen molar-refractivity contribution in [1.82, 2.24) is 19.7 Å². The lowest BCUT2D eigenvalue weighted by molar-refractivity contribution is -0.130. The summed E-state index contributed by atoms with van der Waals surface area (Å²) in [5.74, 6) is 0.531. The molecule has 0 atom stereocenters. The van der Waals surface area contributed by atoms with Crippen LogP contribution in [-0.4, -0.2) is 55.6 Å². The first-order valence-electron chi connectivity index (χ1n) is 6.72. The van der Waals surface area contributed by atoms with Gasteiger partial charge in [-0.2, -0.15) is 0 Å². The monoisotopic (exact) mass is 282 g/mol. The van der Waals surface area contributed by atoms with E-state index in [4.69, 9.17) is 0 Å². The van der Waals surface area contributed by atoms with Crippen LogP contribution >= 0.6 is 11.8 Å². The first kappa shape index (κ1) is 12.9. The minimum Gasteiger partial charge on any atom is -0.393 e. The summed E-state index contributed by atoms with van der Waals surface area (Å²) in [6.45, 7) is 1.33. The molecule has 1 saturated carbocycles. The Kier molecular flexibility index (Phi) is 3.74. The van der Waals surface area contributed by atoms with Crippen LogP contribution in [0, 0.1) is 0 Å². The van der Waals surface area contributed by atoms with Gasteiger partial charge in [0, 0.05) is 19.1 Å². The van der Waals surface area contributed by atoms with Crippen LogP contribution in [-0.2, 0) is 4.79 Å². The normalized spacial score (nSPS) is 20.8. The van der Waals surface area contributed by atoms with Gasteiger partial charge in [-0.25, -0.2) is 0 Å². The van der Waals surface area contributed by atoms with Gasteiger partial charge >= 0.3 is 0 Å². The number of thioether (sulfide) groups is 1. The van der Waals surface area contributed by atoms with E-state index in [-0.39, 0.29) is 12.0 Å². The predicted octanol–water partition coefficient (Wildman–Crippen LogP) is 0.688. The molecule has 1 N–H and O–H groups in total. The zero-order valence-electron chi connectivity index (χ0n) is 10.7. The van der Waals surface area contributed by atoms with E-state index in [1.807, 2.05) is 4.90 Å². The number of aliphatic hydroxyl groups is 1. The number of aromatic nitrogens is 3. The van der Waals surface area contributed by atoms with E-state index in [9.17, 15) is 9.90 Å². The van der Waals surface area contributed by atoms with Crippen LogP contribution in [0.5, 0.6) is 0 Å². The Morgan fingerprint density at radius 1 is 1.37 bits per heavy atom. The summed E-state index contributed by atoms with van der Waals surface area (Å²) < 4.78 is 2.07. The Labute approximate surface area is 116 Å². The van der Waals surface area contributed by atoms with Gasteiger partial charge in [-0.05, 0) is 25.7 Å². The molecule has 1 saturated heterocycles. The van der Waals surface area contributed by atoms with Crippen LogP contribution in [0.4, 0.5) is 0 Å². The maximum atomic E-state index is 12.1. The lowest BCUT2D eigenvalue weighted by atomic mass is 10.1. The van der Waals surface area contributed by atoms with Gasteiger partial charge in [0.25, 0.3) is 0 Å². The fraction of sp³-hybridized carbons (Fsp3) is 0.750. The molecule has 6 nitrogen and oxygen atoms in total. The number of hydrogen-bond donors (Lipinski definition) is 1. The molecule has 0 aromatic carbocycles. The highest BCUT2D eigenvalue weighted by atomic mass is 32.2. The number of amides is 1. The van der Waals surface area contributed by atoms with Crippen molar-refractivity contribution in [3.05, 3.63) is 6.33 Å². The van der Waals surface area contributed by atoms with Crippen molar-refractivity contribution in [2.24, 2.45) is 0 Å². The molecule has 1 aliphatic carbocycles. The van der Waals surface area contributed by atoms with Gasteiger partial charge in [0.2, 0.25) is 5.91 Å². The first-order chi connectivity index (χ1) is 9.24. The van der Waals surface area contributed by atoms with E-state index in [1.165, 1.54) is 24.6 Å². The van der Waals surface area contributed by atoms with Gasteiger partial charge in [0.05, 0.1) is 11.9 Å². The third-order valence-electron chi connectivity index (χ3n) is 3.62. The maximum Gasteiger partial charge on any atom is 0.233 e. The van der Waals surface area contributed by atoms with E-state index in [0.29, 0.717) is 37.7 Å². The third kappa shape index (κ3) is 3.09. The highest BCUT2D eigenvalue weighted by Crippen LogP contribution is 2.37. The largest absolute Gasteiger partial charge is 0.393 e. The van der Waals surface area contributed by atoms with E-state index < -0.39 is 0 Å². The number of carbonyl (C=O) groups is 1. The Hall–Kier alpha value is -1.08. The lowest BCUT2D eigenvalue weighted by Gasteiger charge is -2.29. The number of likely N-dealkylation sites (tertiary alicyclic amines) is 1. The van der Waals surface area contributed by atoms with Crippen molar-refractivity contribution >= 4 is 17.7 Å². The van der Waals surface area contributed by atoms with Crippen molar-refractivity contribution < 1.29 is 9.90 Å². The van der Waals surface area contributed by atoms with Crippen LogP contribution in [0.15, 0.2) is 11.5 Å². The standard InChI is InChI=1S/C12H18N4O2S/c17-10-3-5-15(6-4-10)11(18)7-19-12-14-13-8-16(12)9-1-2-9/h8-10,17H,1-7H2. The summed E-state index contributed by atoms with van der Waals surface area (Å²) in [5.41, 5.74) is 0. The van der Waals surface area contributed by atoms with Gasteiger partial charge in [-0.1, -0.05) is 11.8 Å². The number of rotatable bonds is 4. The van der Waals surface area contributed by atoms with Crippen molar-refractivity contribution in [2.45, 2.75) is 43.0 Å². The topological polar surface area (TPSA) is 71.2 Å². The number of nitrogens with zero attached hydrogens (tertiary/aromatic N) is 4. The van der Waals surface area contributed by atoms with Crippen LogP contribution < -0.4 is 0 Å². The molecule has 1 aromatic rings. The Morgan fingerprint density at radius 2 is 2.11 bits per heavy atom. The van der Waals surface area contributed by atoms with E-state index in [2.05, 4.69) is 14.8 Å². The molecule has 0 bridgehead atoms. The van der Waals surface area contributed by atoms with Gasteiger partial charge in [-0.3, -0.25) is 4.79 Å². The van der Waals surface area contributed by atoms with E-state index >= 15 is 0 Å². The second-order valence-corrected chi connectivity index (χ2v) is 6.10. The first-order valence-corrected chi connectivity index (χ1v) is 7.71. The summed E-state index contributed by atoms with van der Waals surface area (Å²) in [4.78, 5) is 13.9. The second-order valence-electron chi connectivity index (χ2n) is 5.15. The number of aliphatic hydroxyl groups excluding tert-OH is 1. The predicted molar refractivity (Wildman–Crippen MR) is 70.8 cm³/mol. The van der Waals surface area contributed by atoms with E-state index in [0.717, 1.165) is 5.16 Å². The summed E-state index contributed by atoms with van der Waals surface area (Å²) >= 11 is 1.46. The molecule has 19 heavy (non-hydrogen) atoms. The van der Waals surface area contributed by atoms with Crippen molar-refractivity contribution in [2.75, 3.05) is 18.8 Å². The Balaban J connectivity index is 1.51. The zero-order valence-corrected chi connectivity index (χ0v) is 11.6. The number of carbonyl (C=O) groups excluding carboxylic acids is 1. The summed E-state index contributed by atoms with van der Waals surface area (Å²) in [6, 6.07) is 0.540. The van der Waals surface area contributed by atoms with Gasteiger partial charge in [0.1, 0.15) is 6.33 Å². The van der Waals surface area contributed by atoms with Crippen molar-refractivity contribution in [3.63, 3.8) is 0 Å². The second kappa shape index (κ2) is 5.50. The molecule has 2 aliphatic rings. The summed E-state index contributed by atoms with van der Waals surface area (Å²) in [5, 5.41) is 18.3. The molecule has 1 amide bonds. The quantitative estimate of drug-likeness (QED) is 0.823. The average Bonchev–Trinajstić information content (AvgIpc) is 3.16. The molecule has 0 unspecified atom stereocenters. The number of piperidine rings is 1. The van der Waals surface area contributed by atoms with Crippen molar-refractivity contribution in [3.8, 4) is 0 Å². The molecule has 1 aromatic heterocycles. The minimum absolute atomic E-state index is 0.127. The summed E-state index contributed by atoms with van der Waals surface area (Å²) in [6.07, 6.45) is 5.26. The fourth-order valence-corrected chi connectivity index (χ4v) is 3.16. The molecule has 2 heterocycles. The van der Waals surface area contributed by atoms with Crippen LogP contribution in [0.3, 0.4) is 0 Å². The molecule has 0 radical (unpaired) electrons. The van der Waals surface area contributed by atoms with Gasteiger partial charge in [0.15, 0.2) is 5.16 Å². The smallest absolute Gasteiger partial charge is 0.233 e. The molecule has 2 fully saturated rings. The number of hydrogen-bond acceptors (Lipinski definition) is 5. The molecular formula is C12H18N4O2S. The molecular weight excluding hydrogens is 264 g/mol. The average molecular weight is 282 g/mol. The molecule has 0 spiro atoms. The molecule has 104 valence electrons. The highest BCUT2D eigenvalue weighted by Gasteiger charge is 2.27. The van der Waals surface area contributed by atoms with E-state index in [1.54, 1.807) is 6.33 Å². The molecule has 7 heteroatoms. The minimum atomic E-state index is -0.241. The fourth-order valence-electron chi connectivity index (χ4n) is 2.27.